The van der Waals surface area contributed by atoms with Crippen molar-refractivity contribution >= 4 is 17.7 Å². The van der Waals surface area contributed by atoms with Crippen LogP contribution in [0.4, 0.5) is 10.5 Å². The first kappa shape index (κ1) is 20.5. The monoisotopic (exact) mass is 392 g/mol. The van der Waals surface area contributed by atoms with Crippen LogP contribution in [-0.4, -0.2) is 65.1 Å². The van der Waals surface area contributed by atoms with Gasteiger partial charge in [-0.15, -0.1) is 0 Å². The van der Waals surface area contributed by atoms with Crippen molar-refractivity contribution < 1.29 is 19.1 Å². The van der Waals surface area contributed by atoms with Crippen LogP contribution in [0, 0.1) is 11.3 Å². The Bertz CT molecular complexity index is 723. The third kappa shape index (κ3) is 4.10. The van der Waals surface area contributed by atoms with Crippen LogP contribution in [0.15, 0.2) is 12.4 Å². The third-order valence-corrected chi connectivity index (χ3v) is 5.15. The maximum atomic E-state index is 12.3. The van der Waals surface area contributed by atoms with Gasteiger partial charge in [0.05, 0.1) is 18.5 Å². The van der Waals surface area contributed by atoms with Crippen molar-refractivity contribution in [2.75, 3.05) is 37.7 Å². The normalized spacial score (nSPS) is 19.2. The summed E-state index contributed by atoms with van der Waals surface area (Å²) in [5.41, 5.74) is 0.681. The predicted molar refractivity (Wildman–Crippen MR) is 105 cm³/mol. The van der Waals surface area contributed by atoms with Gasteiger partial charge in [-0.2, -0.15) is 5.10 Å². The highest BCUT2D eigenvalue weighted by atomic mass is 16.6. The topological polar surface area (TPSA) is 76.9 Å². The van der Waals surface area contributed by atoms with E-state index in [2.05, 4.69) is 10.00 Å². The lowest BCUT2D eigenvalue weighted by Crippen LogP contribution is -2.73. The molecule has 3 heterocycles. The van der Waals surface area contributed by atoms with Crippen LogP contribution in [0.25, 0.3) is 0 Å². The van der Waals surface area contributed by atoms with Gasteiger partial charge in [-0.25, -0.2) is 9.59 Å². The minimum Gasteiger partial charge on any atom is -0.464 e. The number of ether oxygens (including phenoxy) is 2. The molecule has 2 aliphatic rings. The highest BCUT2D eigenvalue weighted by Crippen LogP contribution is 2.42. The molecule has 2 saturated heterocycles. The summed E-state index contributed by atoms with van der Waals surface area (Å²) < 4.78 is 12.3. The van der Waals surface area contributed by atoms with Crippen molar-refractivity contribution in [3.05, 3.63) is 12.4 Å². The number of amides is 1. The lowest BCUT2D eigenvalue weighted by atomic mass is 9.73. The number of aromatic nitrogens is 2. The van der Waals surface area contributed by atoms with Crippen molar-refractivity contribution in [1.29, 1.82) is 0 Å². The third-order valence-electron chi connectivity index (χ3n) is 5.15. The van der Waals surface area contributed by atoms with Gasteiger partial charge < -0.3 is 19.3 Å². The summed E-state index contributed by atoms with van der Waals surface area (Å²) in [5, 5.41) is 4.41. The van der Waals surface area contributed by atoms with Gasteiger partial charge in [0, 0.05) is 37.8 Å². The fourth-order valence-electron chi connectivity index (χ4n) is 3.92. The van der Waals surface area contributed by atoms with E-state index in [1.807, 2.05) is 47.7 Å². The van der Waals surface area contributed by atoms with Gasteiger partial charge in [0.25, 0.3) is 0 Å². The lowest BCUT2D eigenvalue weighted by molar-refractivity contribution is -0.149. The van der Waals surface area contributed by atoms with Crippen LogP contribution < -0.4 is 4.90 Å². The molecule has 3 rings (SSSR count). The molecule has 1 atom stereocenters. The Morgan fingerprint density at radius 2 is 1.86 bits per heavy atom. The summed E-state index contributed by atoms with van der Waals surface area (Å²) in [7, 11) is 0. The molecule has 2 fully saturated rings. The average Bonchev–Trinajstić information content (AvgIpc) is 2.91. The van der Waals surface area contributed by atoms with Crippen molar-refractivity contribution in [3.8, 4) is 0 Å². The first-order chi connectivity index (χ1) is 13.0. The summed E-state index contributed by atoms with van der Waals surface area (Å²) in [4.78, 5) is 28.4. The van der Waals surface area contributed by atoms with E-state index in [9.17, 15) is 9.59 Å². The molecule has 1 aromatic rings. The SMILES string of the molecule is CCOC(=O)C(C(C)C)n1cc(N2CC3(CN(C(=O)OC(C)(C)C)C3)C2)cn1. The lowest BCUT2D eigenvalue weighted by Gasteiger charge is -2.60. The van der Waals surface area contributed by atoms with Crippen molar-refractivity contribution in [1.82, 2.24) is 14.7 Å². The maximum Gasteiger partial charge on any atom is 0.410 e. The molecular formula is C20H32N4O4. The van der Waals surface area contributed by atoms with Crippen LogP contribution in [0.1, 0.15) is 47.6 Å². The molecular weight excluding hydrogens is 360 g/mol. The maximum absolute atomic E-state index is 12.3. The number of rotatable bonds is 5. The molecule has 1 amide bonds. The highest BCUT2D eigenvalue weighted by Gasteiger charge is 2.54. The zero-order valence-electron chi connectivity index (χ0n) is 17.8. The van der Waals surface area contributed by atoms with Crippen LogP contribution in [0.2, 0.25) is 0 Å². The van der Waals surface area contributed by atoms with Crippen molar-refractivity contribution in [3.63, 3.8) is 0 Å². The second kappa shape index (κ2) is 7.29. The van der Waals surface area contributed by atoms with Gasteiger partial charge in [0.15, 0.2) is 6.04 Å². The minimum absolute atomic E-state index is 0.0866. The second-order valence-corrected chi connectivity index (χ2v) is 9.31. The Labute approximate surface area is 166 Å². The first-order valence-corrected chi connectivity index (χ1v) is 9.97. The number of likely N-dealkylation sites (tertiary alicyclic amines) is 1. The molecule has 28 heavy (non-hydrogen) atoms. The second-order valence-electron chi connectivity index (χ2n) is 9.31. The molecule has 0 saturated carbocycles. The van der Waals surface area contributed by atoms with Crippen LogP contribution in [-0.2, 0) is 14.3 Å². The zero-order valence-corrected chi connectivity index (χ0v) is 17.8. The fourth-order valence-corrected chi connectivity index (χ4v) is 3.92. The van der Waals surface area contributed by atoms with Gasteiger partial charge in [-0.05, 0) is 33.6 Å². The van der Waals surface area contributed by atoms with Crippen LogP contribution in [0.3, 0.4) is 0 Å². The Morgan fingerprint density at radius 3 is 2.39 bits per heavy atom. The molecule has 1 aromatic heterocycles. The van der Waals surface area contributed by atoms with E-state index in [1.165, 1.54) is 0 Å². The molecule has 156 valence electrons. The minimum atomic E-state index is -0.466. The smallest absolute Gasteiger partial charge is 0.410 e. The summed E-state index contributed by atoms with van der Waals surface area (Å²) in [5.74, 6) is -0.164. The van der Waals surface area contributed by atoms with Crippen molar-refractivity contribution in [2.45, 2.75) is 53.2 Å². The largest absolute Gasteiger partial charge is 0.464 e. The fraction of sp³-hybridized carbons (Fsp3) is 0.750. The Hall–Kier alpha value is -2.25. The predicted octanol–water partition coefficient (Wildman–Crippen LogP) is 2.70. The van der Waals surface area contributed by atoms with Gasteiger partial charge in [-0.1, -0.05) is 13.8 Å². The molecule has 0 aliphatic carbocycles. The van der Waals surface area contributed by atoms with E-state index in [0.29, 0.717) is 6.61 Å². The highest BCUT2D eigenvalue weighted by molar-refractivity contribution is 5.74. The van der Waals surface area contributed by atoms with E-state index >= 15 is 0 Å². The van der Waals surface area contributed by atoms with Gasteiger partial charge in [0.1, 0.15) is 5.60 Å². The Balaban J connectivity index is 1.55. The summed E-state index contributed by atoms with van der Waals surface area (Å²) in [6, 6.07) is -0.421. The molecule has 0 radical (unpaired) electrons. The molecule has 2 aliphatic heterocycles. The molecule has 0 N–H and O–H groups in total. The van der Waals surface area contributed by atoms with Crippen LogP contribution >= 0.6 is 0 Å². The number of anilines is 1. The average molecular weight is 393 g/mol. The van der Waals surface area contributed by atoms with Gasteiger partial charge >= 0.3 is 12.1 Å². The molecule has 1 unspecified atom stereocenters. The summed E-state index contributed by atoms with van der Waals surface area (Å²) >= 11 is 0. The van der Waals surface area contributed by atoms with Gasteiger partial charge in [-0.3, -0.25) is 4.68 Å². The zero-order chi connectivity index (χ0) is 20.7. The number of carbonyl (C=O) groups excluding carboxylic acids is 2. The molecule has 8 heteroatoms. The summed E-state index contributed by atoms with van der Waals surface area (Å²) in [6.45, 7) is 15.0. The molecule has 1 spiro atoms. The van der Waals surface area contributed by atoms with Crippen molar-refractivity contribution in [2.24, 2.45) is 11.3 Å². The van der Waals surface area contributed by atoms with E-state index in [4.69, 9.17) is 9.47 Å². The van der Waals surface area contributed by atoms with Gasteiger partial charge in [0.2, 0.25) is 0 Å². The number of hydrogen-bond donors (Lipinski definition) is 0. The number of carbonyl (C=O) groups is 2. The van der Waals surface area contributed by atoms with E-state index in [1.54, 1.807) is 15.8 Å². The first-order valence-electron chi connectivity index (χ1n) is 9.97. The standard InChI is InChI=1S/C20H32N4O4/c1-7-27-17(25)16(14(2)3)24-9-15(8-21-24)22-10-20(11-22)12-23(13-20)18(26)28-19(4,5)6/h8-9,14,16H,7,10-13H2,1-6H3. The molecule has 0 aromatic carbocycles. The molecule has 0 bridgehead atoms. The summed E-state index contributed by atoms with van der Waals surface area (Å²) in [6.07, 6.45) is 3.48. The molecule has 8 nitrogen and oxygen atoms in total. The quantitative estimate of drug-likeness (QED) is 0.717. The number of esters is 1. The Morgan fingerprint density at radius 1 is 1.21 bits per heavy atom. The Kier molecular flexibility index (Phi) is 5.34. The number of nitrogens with zero attached hydrogens (tertiary/aromatic N) is 4. The number of hydrogen-bond acceptors (Lipinski definition) is 6. The van der Waals surface area contributed by atoms with E-state index < -0.39 is 11.6 Å². The van der Waals surface area contributed by atoms with E-state index in [-0.39, 0.29) is 23.4 Å². The van der Waals surface area contributed by atoms with E-state index in [0.717, 1.165) is 31.9 Å². The van der Waals surface area contributed by atoms with Crippen LogP contribution in [0.5, 0.6) is 0 Å².